The molecule has 0 aliphatic rings. The number of hydrogen-bond acceptors (Lipinski definition) is 5. The van der Waals surface area contributed by atoms with E-state index in [1.807, 2.05) is 55.5 Å². The average molecular weight is 539 g/mol. The Labute approximate surface area is 199 Å². The van der Waals surface area contributed by atoms with Crippen LogP contribution in [0.4, 0.5) is 11.4 Å². The Kier molecular flexibility index (Phi) is 6.66. The van der Waals surface area contributed by atoms with Crippen molar-refractivity contribution >= 4 is 50.8 Å². The molecule has 0 aliphatic heterocycles. The molecule has 0 unspecified atom stereocenters. The van der Waals surface area contributed by atoms with Crippen molar-refractivity contribution in [2.75, 3.05) is 5.32 Å². The Hall–Kier alpha value is -3.04. The SMILES string of the molecule is CCc1ccc(NC(=O)c2cc3c(CO)cnc(C)c3oc2=Nc2ccc(I)cc2)cc1. The number of halogens is 1. The number of rotatable bonds is 5. The number of hydrogen-bond donors (Lipinski definition) is 2. The van der Waals surface area contributed by atoms with Crippen molar-refractivity contribution in [3.63, 3.8) is 0 Å². The molecule has 2 N–H and O–H groups in total. The molecule has 2 aromatic carbocycles. The highest BCUT2D eigenvalue weighted by Crippen LogP contribution is 2.22. The molecule has 0 spiro atoms. The lowest BCUT2D eigenvalue weighted by atomic mass is 10.1. The number of nitrogens with zero attached hydrogens (tertiary/aromatic N) is 2. The van der Waals surface area contributed by atoms with Crippen LogP contribution in [0.15, 0.2) is 70.2 Å². The fourth-order valence-electron chi connectivity index (χ4n) is 3.32. The minimum absolute atomic E-state index is 0.182. The summed E-state index contributed by atoms with van der Waals surface area (Å²) in [5.41, 5.74) is 4.71. The fourth-order valence-corrected chi connectivity index (χ4v) is 3.67. The summed E-state index contributed by atoms with van der Waals surface area (Å²) < 4.78 is 7.17. The van der Waals surface area contributed by atoms with E-state index in [4.69, 9.17) is 4.42 Å². The maximum Gasteiger partial charge on any atom is 0.261 e. The number of pyridine rings is 1. The van der Waals surface area contributed by atoms with Crippen LogP contribution in [-0.4, -0.2) is 16.0 Å². The minimum atomic E-state index is -0.345. The molecular weight excluding hydrogens is 517 g/mol. The highest BCUT2D eigenvalue weighted by Gasteiger charge is 2.16. The molecule has 6 nitrogen and oxygen atoms in total. The maximum absolute atomic E-state index is 13.3. The first kappa shape index (κ1) is 22.2. The smallest absolute Gasteiger partial charge is 0.261 e. The highest BCUT2D eigenvalue weighted by atomic mass is 127. The van der Waals surface area contributed by atoms with E-state index in [-0.39, 0.29) is 23.6 Å². The number of aromatic nitrogens is 1. The summed E-state index contributed by atoms with van der Waals surface area (Å²) in [5, 5.41) is 13.3. The lowest BCUT2D eigenvalue weighted by molar-refractivity contribution is 0.102. The molecule has 0 saturated carbocycles. The summed E-state index contributed by atoms with van der Waals surface area (Å²) in [6.07, 6.45) is 2.52. The Morgan fingerprint density at radius 3 is 2.53 bits per heavy atom. The predicted octanol–water partition coefficient (Wildman–Crippen LogP) is 5.28. The summed E-state index contributed by atoms with van der Waals surface area (Å²) in [7, 11) is 0. The lowest BCUT2D eigenvalue weighted by Gasteiger charge is -2.10. The minimum Gasteiger partial charge on any atom is -0.436 e. The van der Waals surface area contributed by atoms with Crippen LogP contribution in [0.1, 0.15) is 34.1 Å². The van der Waals surface area contributed by atoms with Crippen LogP contribution in [0, 0.1) is 10.5 Å². The zero-order chi connectivity index (χ0) is 22.7. The van der Waals surface area contributed by atoms with Crippen molar-refractivity contribution < 1.29 is 14.3 Å². The van der Waals surface area contributed by atoms with E-state index in [2.05, 4.69) is 44.8 Å². The van der Waals surface area contributed by atoms with E-state index in [0.717, 1.165) is 9.99 Å². The highest BCUT2D eigenvalue weighted by molar-refractivity contribution is 14.1. The molecule has 0 radical (unpaired) electrons. The molecule has 7 heteroatoms. The Balaban J connectivity index is 1.87. The van der Waals surface area contributed by atoms with Gasteiger partial charge in [-0.15, -0.1) is 0 Å². The molecule has 2 aromatic heterocycles. The van der Waals surface area contributed by atoms with Gasteiger partial charge >= 0.3 is 0 Å². The molecule has 4 aromatic rings. The number of carbonyl (C=O) groups is 1. The van der Waals surface area contributed by atoms with Crippen molar-refractivity contribution in [2.24, 2.45) is 4.99 Å². The average Bonchev–Trinajstić information content (AvgIpc) is 2.81. The van der Waals surface area contributed by atoms with Crippen molar-refractivity contribution in [1.29, 1.82) is 0 Å². The number of fused-ring (bicyclic) bond motifs is 1. The van der Waals surface area contributed by atoms with Crippen molar-refractivity contribution in [2.45, 2.75) is 26.9 Å². The molecule has 2 heterocycles. The second kappa shape index (κ2) is 9.62. The summed E-state index contributed by atoms with van der Waals surface area (Å²) in [4.78, 5) is 22.1. The van der Waals surface area contributed by atoms with Gasteiger partial charge in [-0.1, -0.05) is 19.1 Å². The number of anilines is 1. The molecule has 162 valence electrons. The standard InChI is InChI=1S/C25H22IN3O3/c1-3-16-4-8-19(9-5-16)28-24(31)22-12-21-17(14-30)13-27-15(2)23(21)32-25(22)29-20-10-6-18(26)7-11-20/h4-13,30H,3,14H2,1-2H3,(H,28,31). The normalized spacial score (nSPS) is 11.7. The molecule has 0 fully saturated rings. The van der Waals surface area contributed by atoms with Crippen LogP contribution < -0.4 is 10.9 Å². The van der Waals surface area contributed by atoms with E-state index in [9.17, 15) is 9.90 Å². The van der Waals surface area contributed by atoms with Crippen LogP contribution in [0.5, 0.6) is 0 Å². The number of aliphatic hydroxyl groups is 1. The molecule has 0 saturated heterocycles. The summed E-state index contributed by atoms with van der Waals surface area (Å²) in [5.74, 6) is -0.345. The van der Waals surface area contributed by atoms with Gasteiger partial charge in [0.25, 0.3) is 5.91 Å². The maximum atomic E-state index is 13.3. The molecular formula is C25H22IN3O3. The zero-order valence-corrected chi connectivity index (χ0v) is 19.9. The quantitative estimate of drug-likeness (QED) is 0.338. The number of nitrogens with one attached hydrogen (secondary N) is 1. The van der Waals surface area contributed by atoms with Gasteiger partial charge in [0.2, 0.25) is 5.55 Å². The number of carbonyl (C=O) groups excluding carboxylic acids is 1. The van der Waals surface area contributed by atoms with E-state index in [1.165, 1.54) is 5.56 Å². The molecule has 0 aliphatic carbocycles. The first-order valence-electron chi connectivity index (χ1n) is 10.2. The third-order valence-corrected chi connectivity index (χ3v) is 5.86. The molecule has 4 rings (SSSR count). The van der Waals surface area contributed by atoms with Gasteiger partial charge in [0.1, 0.15) is 5.56 Å². The predicted molar refractivity (Wildman–Crippen MR) is 133 cm³/mol. The zero-order valence-electron chi connectivity index (χ0n) is 17.7. The van der Waals surface area contributed by atoms with Crippen molar-refractivity contribution in [3.05, 3.63) is 92.3 Å². The second-order valence-electron chi connectivity index (χ2n) is 7.33. The number of aryl methyl sites for hydroxylation is 2. The van der Waals surface area contributed by atoms with Gasteiger partial charge < -0.3 is 14.8 Å². The van der Waals surface area contributed by atoms with Gasteiger partial charge in [-0.3, -0.25) is 9.78 Å². The van der Waals surface area contributed by atoms with Crippen LogP contribution in [0.3, 0.4) is 0 Å². The van der Waals surface area contributed by atoms with Crippen molar-refractivity contribution in [3.8, 4) is 0 Å². The van der Waals surface area contributed by atoms with Crippen molar-refractivity contribution in [1.82, 2.24) is 4.98 Å². The Morgan fingerprint density at radius 2 is 1.88 bits per heavy atom. The fraction of sp³-hybridized carbons (Fsp3) is 0.160. The van der Waals surface area contributed by atoms with Gasteiger partial charge in [-0.2, -0.15) is 0 Å². The first-order chi connectivity index (χ1) is 15.5. The van der Waals surface area contributed by atoms with Crippen LogP contribution >= 0.6 is 22.6 Å². The summed E-state index contributed by atoms with van der Waals surface area (Å²) in [6.45, 7) is 3.68. The van der Waals surface area contributed by atoms with Gasteiger partial charge in [0.05, 0.1) is 18.0 Å². The first-order valence-corrected chi connectivity index (χ1v) is 11.3. The molecule has 32 heavy (non-hydrogen) atoms. The lowest BCUT2D eigenvalue weighted by Crippen LogP contribution is -2.22. The molecule has 1 amide bonds. The van der Waals surface area contributed by atoms with Crippen LogP contribution in [0.2, 0.25) is 0 Å². The largest absolute Gasteiger partial charge is 0.436 e. The van der Waals surface area contributed by atoms with Gasteiger partial charge in [0.15, 0.2) is 5.58 Å². The topological polar surface area (TPSA) is 87.7 Å². The van der Waals surface area contributed by atoms with Gasteiger partial charge in [-0.25, -0.2) is 4.99 Å². The van der Waals surface area contributed by atoms with Crippen LogP contribution in [0.25, 0.3) is 11.0 Å². The monoisotopic (exact) mass is 539 g/mol. The van der Waals surface area contributed by atoms with E-state index in [1.54, 1.807) is 12.3 Å². The molecule has 0 atom stereocenters. The van der Waals surface area contributed by atoms with E-state index < -0.39 is 0 Å². The van der Waals surface area contributed by atoms with E-state index in [0.29, 0.717) is 33.6 Å². The van der Waals surface area contributed by atoms with E-state index >= 15 is 0 Å². The van der Waals surface area contributed by atoms with Gasteiger partial charge in [-0.05, 0) is 84.0 Å². The van der Waals surface area contributed by atoms with Crippen LogP contribution in [-0.2, 0) is 13.0 Å². The number of amides is 1. The van der Waals surface area contributed by atoms with Gasteiger partial charge in [0, 0.05) is 26.4 Å². The second-order valence-corrected chi connectivity index (χ2v) is 8.57. The summed E-state index contributed by atoms with van der Waals surface area (Å²) in [6, 6.07) is 17.0. The third kappa shape index (κ3) is 4.73. The molecule has 0 bridgehead atoms. The summed E-state index contributed by atoms with van der Waals surface area (Å²) >= 11 is 2.22. The number of aliphatic hydroxyl groups excluding tert-OH is 1. The third-order valence-electron chi connectivity index (χ3n) is 5.14. The number of benzene rings is 2. The Morgan fingerprint density at radius 1 is 1.16 bits per heavy atom. The Bertz CT molecular complexity index is 1340.